The van der Waals surface area contributed by atoms with Crippen molar-refractivity contribution in [2.75, 3.05) is 10.6 Å². The van der Waals surface area contributed by atoms with Crippen molar-refractivity contribution in [1.82, 2.24) is 15.2 Å². The van der Waals surface area contributed by atoms with E-state index in [1.165, 1.54) is 6.07 Å². The number of amides is 1. The topological polar surface area (TPSA) is 132 Å². The maximum absolute atomic E-state index is 13.8. The Kier molecular flexibility index (Phi) is 5.27. The van der Waals surface area contributed by atoms with E-state index in [-0.39, 0.29) is 35.4 Å². The molecule has 1 aromatic carbocycles. The molecule has 8 nitrogen and oxygen atoms in total. The minimum absolute atomic E-state index is 0.00534. The van der Waals surface area contributed by atoms with Gasteiger partial charge < -0.3 is 22.1 Å². The molecular weight excluding hydrogens is 337 g/mol. The van der Waals surface area contributed by atoms with Crippen molar-refractivity contribution >= 4 is 23.4 Å². The molecule has 9 heteroatoms. The largest absolute Gasteiger partial charge is 0.364 e. The summed E-state index contributed by atoms with van der Waals surface area (Å²) >= 11 is 0. The van der Waals surface area contributed by atoms with Gasteiger partial charge >= 0.3 is 0 Å². The third-order valence-electron chi connectivity index (χ3n) is 4.49. The van der Waals surface area contributed by atoms with Crippen LogP contribution in [0.5, 0.6) is 0 Å². The van der Waals surface area contributed by atoms with Crippen LogP contribution in [-0.2, 0) is 0 Å². The lowest BCUT2D eigenvalue weighted by Crippen LogP contribution is -2.43. The summed E-state index contributed by atoms with van der Waals surface area (Å²) in [5.41, 5.74) is 12.3. The van der Waals surface area contributed by atoms with Crippen LogP contribution in [0.4, 0.5) is 21.8 Å². The Morgan fingerprint density at radius 1 is 1.27 bits per heavy atom. The van der Waals surface area contributed by atoms with Crippen molar-refractivity contribution in [2.45, 2.75) is 44.7 Å². The van der Waals surface area contributed by atoms with Gasteiger partial charge in [0.2, 0.25) is 5.95 Å². The third kappa shape index (κ3) is 4.05. The predicted octanol–water partition coefficient (Wildman–Crippen LogP) is 1.84. The highest BCUT2D eigenvalue weighted by Gasteiger charge is 2.23. The van der Waals surface area contributed by atoms with Crippen LogP contribution in [0.2, 0.25) is 0 Å². The van der Waals surface area contributed by atoms with Crippen LogP contribution in [-0.4, -0.2) is 33.2 Å². The fraction of sp³-hybridized carbons (Fsp3) is 0.412. The summed E-state index contributed by atoms with van der Waals surface area (Å²) in [6, 6.07) is 4.65. The highest BCUT2D eigenvalue weighted by molar-refractivity contribution is 5.96. The van der Waals surface area contributed by atoms with Crippen molar-refractivity contribution in [2.24, 2.45) is 11.5 Å². The number of halogens is 1. The molecule has 0 saturated heterocycles. The number of primary amides is 1. The Hall–Kier alpha value is -2.81. The zero-order chi connectivity index (χ0) is 18.7. The van der Waals surface area contributed by atoms with Crippen LogP contribution < -0.4 is 22.1 Å². The number of rotatable bonds is 5. The van der Waals surface area contributed by atoms with Crippen molar-refractivity contribution < 1.29 is 9.18 Å². The van der Waals surface area contributed by atoms with E-state index in [1.807, 2.05) is 0 Å². The maximum atomic E-state index is 13.8. The van der Waals surface area contributed by atoms with Gasteiger partial charge in [-0.2, -0.15) is 4.98 Å². The molecule has 2 aromatic rings. The Balaban J connectivity index is 1.86. The molecule has 1 aromatic heterocycles. The molecule has 3 rings (SSSR count). The van der Waals surface area contributed by atoms with E-state index in [9.17, 15) is 9.18 Å². The Morgan fingerprint density at radius 3 is 2.73 bits per heavy atom. The number of hydrogen-bond acceptors (Lipinski definition) is 7. The third-order valence-corrected chi connectivity index (χ3v) is 4.49. The monoisotopic (exact) mass is 359 g/mol. The summed E-state index contributed by atoms with van der Waals surface area (Å²) < 4.78 is 13.8. The van der Waals surface area contributed by atoms with Crippen LogP contribution in [0.25, 0.3) is 0 Å². The van der Waals surface area contributed by atoms with Gasteiger partial charge in [0, 0.05) is 17.8 Å². The second kappa shape index (κ2) is 7.61. The molecule has 1 fully saturated rings. The van der Waals surface area contributed by atoms with Crippen LogP contribution in [0.1, 0.15) is 41.7 Å². The number of hydrogen-bond donors (Lipinski definition) is 4. The van der Waals surface area contributed by atoms with E-state index in [2.05, 4.69) is 25.8 Å². The van der Waals surface area contributed by atoms with Gasteiger partial charge in [0.25, 0.3) is 5.91 Å². The second-order valence-electron chi connectivity index (χ2n) is 6.48. The molecule has 6 N–H and O–H groups in total. The molecule has 0 radical (unpaired) electrons. The highest BCUT2D eigenvalue weighted by atomic mass is 19.1. The van der Waals surface area contributed by atoms with Gasteiger partial charge in [0.15, 0.2) is 11.5 Å². The molecule has 0 bridgehead atoms. The molecule has 1 heterocycles. The first-order valence-electron chi connectivity index (χ1n) is 8.54. The summed E-state index contributed by atoms with van der Waals surface area (Å²) in [6.45, 7) is 1.66. The van der Waals surface area contributed by atoms with E-state index in [1.54, 1.807) is 19.1 Å². The van der Waals surface area contributed by atoms with Crippen molar-refractivity contribution in [3.05, 3.63) is 35.3 Å². The van der Waals surface area contributed by atoms with Crippen LogP contribution in [0.3, 0.4) is 0 Å². The van der Waals surface area contributed by atoms with Crippen molar-refractivity contribution in [3.63, 3.8) is 0 Å². The smallest absolute Gasteiger partial charge is 0.273 e. The quantitative estimate of drug-likeness (QED) is 0.640. The van der Waals surface area contributed by atoms with Gasteiger partial charge in [0.05, 0.1) is 0 Å². The average molecular weight is 359 g/mol. The predicted molar refractivity (Wildman–Crippen MR) is 96.6 cm³/mol. The number of anilines is 3. The molecule has 1 aliphatic rings. The SMILES string of the molecule is Cc1ccc(Nc2nc(N[C@@H]3CCCC[C@@H]3N)nnc2C(N)=O)cc1F. The van der Waals surface area contributed by atoms with Gasteiger partial charge in [-0.3, -0.25) is 4.79 Å². The number of carbonyl (C=O) groups excluding carboxylic acids is 1. The number of benzene rings is 1. The molecule has 0 spiro atoms. The first-order valence-corrected chi connectivity index (χ1v) is 8.54. The first kappa shape index (κ1) is 18.0. The lowest BCUT2D eigenvalue weighted by Gasteiger charge is -2.29. The fourth-order valence-corrected chi connectivity index (χ4v) is 2.95. The van der Waals surface area contributed by atoms with Crippen LogP contribution >= 0.6 is 0 Å². The van der Waals surface area contributed by atoms with Crippen molar-refractivity contribution in [1.29, 1.82) is 0 Å². The summed E-state index contributed by atoms with van der Waals surface area (Å²) in [5.74, 6) is -0.791. The maximum Gasteiger partial charge on any atom is 0.273 e. The number of aryl methyl sites for hydroxylation is 1. The Labute approximate surface area is 150 Å². The number of nitrogens with two attached hydrogens (primary N) is 2. The van der Waals surface area contributed by atoms with E-state index >= 15 is 0 Å². The zero-order valence-corrected chi connectivity index (χ0v) is 14.5. The van der Waals surface area contributed by atoms with E-state index in [4.69, 9.17) is 11.5 Å². The molecule has 26 heavy (non-hydrogen) atoms. The molecule has 0 aliphatic heterocycles. The molecule has 2 atom stereocenters. The van der Waals surface area contributed by atoms with Crippen LogP contribution in [0.15, 0.2) is 18.2 Å². The molecule has 1 aliphatic carbocycles. The minimum atomic E-state index is -0.777. The molecular formula is C17H22FN7O. The molecule has 0 unspecified atom stereocenters. The first-order chi connectivity index (χ1) is 12.4. The summed E-state index contributed by atoms with van der Waals surface area (Å²) in [6.07, 6.45) is 4.02. The Bertz CT molecular complexity index is 814. The van der Waals surface area contributed by atoms with E-state index in [0.717, 1.165) is 25.7 Å². The minimum Gasteiger partial charge on any atom is -0.364 e. The highest BCUT2D eigenvalue weighted by Crippen LogP contribution is 2.23. The van der Waals surface area contributed by atoms with Crippen LogP contribution in [0, 0.1) is 12.7 Å². The van der Waals surface area contributed by atoms with Gasteiger partial charge in [-0.15, -0.1) is 10.2 Å². The number of aromatic nitrogens is 3. The lowest BCUT2D eigenvalue weighted by molar-refractivity contribution is 0.0995. The molecule has 138 valence electrons. The normalized spacial score (nSPS) is 19.8. The fourth-order valence-electron chi connectivity index (χ4n) is 2.95. The molecule has 1 saturated carbocycles. The number of nitrogens with one attached hydrogen (secondary N) is 2. The van der Waals surface area contributed by atoms with Gasteiger partial charge in [-0.05, 0) is 37.5 Å². The lowest BCUT2D eigenvalue weighted by atomic mass is 9.91. The summed E-state index contributed by atoms with van der Waals surface area (Å²) in [7, 11) is 0. The van der Waals surface area contributed by atoms with Gasteiger partial charge in [-0.1, -0.05) is 18.9 Å². The summed E-state index contributed by atoms with van der Waals surface area (Å²) in [5, 5.41) is 13.8. The second-order valence-corrected chi connectivity index (χ2v) is 6.48. The molecule has 1 amide bonds. The number of nitrogens with zero attached hydrogens (tertiary/aromatic N) is 3. The average Bonchev–Trinajstić information content (AvgIpc) is 2.60. The summed E-state index contributed by atoms with van der Waals surface area (Å²) in [4.78, 5) is 15.9. The number of carbonyl (C=O) groups is 1. The van der Waals surface area contributed by atoms with Crippen molar-refractivity contribution in [3.8, 4) is 0 Å². The standard InChI is InChI=1S/C17H22FN7O/c1-9-6-7-10(8-11(9)18)21-16-14(15(20)26)24-25-17(23-16)22-13-5-3-2-4-12(13)19/h6-8,12-13H,2-5,19H2,1H3,(H2,20,26)(H2,21,22,23,25)/t12-,13+/m0/s1. The van der Waals surface area contributed by atoms with E-state index in [0.29, 0.717) is 11.3 Å². The van der Waals surface area contributed by atoms with Gasteiger partial charge in [-0.25, -0.2) is 4.39 Å². The Morgan fingerprint density at radius 2 is 2.04 bits per heavy atom. The zero-order valence-electron chi connectivity index (χ0n) is 14.5. The van der Waals surface area contributed by atoms with E-state index < -0.39 is 5.91 Å². The van der Waals surface area contributed by atoms with Gasteiger partial charge in [0.1, 0.15) is 5.82 Å².